The molecule has 3 rings (SSSR count). The fourth-order valence-electron chi connectivity index (χ4n) is 3.40. The number of rotatable bonds is 11. The van der Waals surface area contributed by atoms with Crippen LogP contribution in [0, 0.1) is 0 Å². The molecule has 1 aromatic heterocycles. The number of methoxy groups -OCH3 is 1. The first-order chi connectivity index (χ1) is 16.3. The number of nitrogens with one attached hydrogen (secondary N) is 1. The molecule has 1 aliphatic heterocycles. The number of H-pyrrole nitrogens is 1. The number of nitrogens with zero attached hydrogens (tertiary/aromatic N) is 1. The van der Waals surface area contributed by atoms with E-state index in [9.17, 15) is 18.9 Å². The van der Waals surface area contributed by atoms with Gasteiger partial charge >= 0.3 is 19.3 Å². The first-order valence-electron chi connectivity index (χ1n) is 10.6. The number of ether oxygens (including phenoxy) is 4. The van der Waals surface area contributed by atoms with Gasteiger partial charge < -0.3 is 28.0 Å². The molecule has 0 spiro atoms. The molecule has 2 heterocycles. The minimum absolute atomic E-state index is 0.120. The quantitative estimate of drug-likeness (QED) is 0.360. The van der Waals surface area contributed by atoms with Crippen molar-refractivity contribution in [1.82, 2.24) is 9.55 Å². The van der Waals surface area contributed by atoms with E-state index in [1.807, 2.05) is 0 Å². The van der Waals surface area contributed by atoms with Gasteiger partial charge in [0, 0.05) is 19.4 Å². The van der Waals surface area contributed by atoms with E-state index in [0.29, 0.717) is 0 Å². The lowest BCUT2D eigenvalue weighted by Crippen LogP contribution is -2.41. The predicted molar refractivity (Wildman–Crippen MR) is 118 cm³/mol. The third-order valence-electron chi connectivity index (χ3n) is 4.85. The van der Waals surface area contributed by atoms with Gasteiger partial charge in [-0.15, -0.1) is 0 Å². The van der Waals surface area contributed by atoms with Crippen LogP contribution in [-0.2, 0) is 32.6 Å². The Morgan fingerprint density at radius 2 is 1.76 bits per heavy atom. The van der Waals surface area contributed by atoms with Crippen LogP contribution in [0.4, 0.5) is 0 Å². The molecular weight excluding hydrogens is 471 g/mol. The Hall–Kier alpha value is -2.60. The van der Waals surface area contributed by atoms with Crippen molar-refractivity contribution in [2.24, 2.45) is 0 Å². The maximum Gasteiger partial charge on any atom is 0.356 e. The van der Waals surface area contributed by atoms with Crippen LogP contribution in [0.1, 0.15) is 30.4 Å². The van der Waals surface area contributed by atoms with Crippen LogP contribution in [0.25, 0.3) is 0 Å². The zero-order chi connectivity index (χ0) is 24.7. The molecule has 1 aromatic carbocycles. The topological polar surface area (TPSA) is 144 Å². The SMILES string of the molecule is CCOP(=O)(COC1OC(n2ccc(=O)[nH]c2=O)C(OC)C1OC(=O)c1ccccc1)OCC. The van der Waals surface area contributed by atoms with Crippen molar-refractivity contribution in [3.63, 3.8) is 0 Å². The lowest BCUT2D eigenvalue weighted by molar-refractivity contribution is -0.170. The normalized spacial score (nSPS) is 22.6. The molecule has 34 heavy (non-hydrogen) atoms. The summed E-state index contributed by atoms with van der Waals surface area (Å²) >= 11 is 0. The van der Waals surface area contributed by atoms with Crippen molar-refractivity contribution < 1.29 is 37.4 Å². The monoisotopic (exact) mass is 498 g/mol. The Labute approximate surface area is 195 Å². The van der Waals surface area contributed by atoms with Gasteiger partial charge in [0.05, 0.1) is 18.8 Å². The van der Waals surface area contributed by atoms with Crippen LogP contribution in [0.15, 0.2) is 52.2 Å². The van der Waals surface area contributed by atoms with Gasteiger partial charge in [-0.25, -0.2) is 9.59 Å². The van der Waals surface area contributed by atoms with E-state index in [0.717, 1.165) is 10.6 Å². The van der Waals surface area contributed by atoms with Gasteiger partial charge in [-0.3, -0.25) is 18.9 Å². The van der Waals surface area contributed by atoms with Gasteiger partial charge in [-0.2, -0.15) is 0 Å². The lowest BCUT2D eigenvalue weighted by Gasteiger charge is -2.24. The molecule has 1 saturated heterocycles. The van der Waals surface area contributed by atoms with Crippen molar-refractivity contribution in [1.29, 1.82) is 0 Å². The van der Waals surface area contributed by atoms with E-state index in [1.54, 1.807) is 44.2 Å². The van der Waals surface area contributed by atoms with Gasteiger partial charge in [0.15, 0.2) is 18.7 Å². The highest BCUT2D eigenvalue weighted by molar-refractivity contribution is 7.53. The second kappa shape index (κ2) is 11.7. The average Bonchev–Trinajstić information content (AvgIpc) is 3.15. The summed E-state index contributed by atoms with van der Waals surface area (Å²) in [7, 11) is -2.28. The highest BCUT2D eigenvalue weighted by atomic mass is 31.2. The largest absolute Gasteiger partial charge is 0.450 e. The number of benzene rings is 1. The molecule has 0 bridgehead atoms. The second-order valence-corrected chi connectivity index (χ2v) is 9.09. The number of aromatic nitrogens is 2. The molecule has 2 aromatic rings. The van der Waals surface area contributed by atoms with Crippen molar-refractivity contribution in [2.45, 2.75) is 38.6 Å². The molecular formula is C21H27N2O10P. The molecule has 0 radical (unpaired) electrons. The van der Waals surface area contributed by atoms with E-state index < -0.39 is 55.9 Å². The molecule has 1 fully saturated rings. The Bertz CT molecular complexity index is 1110. The third-order valence-corrected chi connectivity index (χ3v) is 6.61. The summed E-state index contributed by atoms with van der Waals surface area (Å²) in [5.41, 5.74) is -1.08. The van der Waals surface area contributed by atoms with Crippen LogP contribution < -0.4 is 11.2 Å². The van der Waals surface area contributed by atoms with Crippen LogP contribution in [0.2, 0.25) is 0 Å². The molecule has 1 aliphatic rings. The van der Waals surface area contributed by atoms with E-state index in [2.05, 4.69) is 4.98 Å². The van der Waals surface area contributed by atoms with Gasteiger partial charge in [-0.05, 0) is 26.0 Å². The van der Waals surface area contributed by atoms with Gasteiger partial charge in [0.2, 0.25) is 6.29 Å². The average molecular weight is 498 g/mol. The Morgan fingerprint density at radius 1 is 1.09 bits per heavy atom. The van der Waals surface area contributed by atoms with E-state index >= 15 is 0 Å². The molecule has 1 N–H and O–H groups in total. The summed E-state index contributed by atoms with van der Waals surface area (Å²) in [6, 6.07) is 9.36. The van der Waals surface area contributed by atoms with Crippen LogP contribution >= 0.6 is 7.60 Å². The van der Waals surface area contributed by atoms with Gasteiger partial charge in [0.25, 0.3) is 5.56 Å². The molecule has 0 saturated carbocycles. The molecule has 13 heteroatoms. The highest BCUT2D eigenvalue weighted by Crippen LogP contribution is 2.49. The first-order valence-corrected chi connectivity index (χ1v) is 12.3. The molecule has 0 aliphatic carbocycles. The van der Waals surface area contributed by atoms with Crippen LogP contribution in [0.5, 0.6) is 0 Å². The number of carbonyl (C=O) groups is 1. The summed E-state index contributed by atoms with van der Waals surface area (Å²) < 4.78 is 47.1. The minimum atomic E-state index is -3.63. The lowest BCUT2D eigenvalue weighted by atomic mass is 10.2. The minimum Gasteiger partial charge on any atom is -0.450 e. The van der Waals surface area contributed by atoms with E-state index in [4.69, 9.17) is 28.0 Å². The number of esters is 1. The maximum absolute atomic E-state index is 12.9. The van der Waals surface area contributed by atoms with Crippen LogP contribution in [0.3, 0.4) is 0 Å². The molecule has 12 nitrogen and oxygen atoms in total. The van der Waals surface area contributed by atoms with E-state index in [1.165, 1.54) is 13.3 Å². The molecule has 0 amide bonds. The smallest absolute Gasteiger partial charge is 0.356 e. The predicted octanol–water partition coefficient (Wildman–Crippen LogP) is 1.87. The van der Waals surface area contributed by atoms with Crippen molar-refractivity contribution in [2.75, 3.05) is 26.7 Å². The standard InChI is InChI=1S/C21H27N2O10P/c1-4-30-34(27,31-5-2)13-29-20-17(32-19(25)14-9-7-6-8-10-14)16(28-3)18(33-20)23-12-11-15(24)22-21(23)26/h6-12,16-18,20H,4-5,13H2,1-3H3,(H,22,24,26). The van der Waals surface area contributed by atoms with Crippen molar-refractivity contribution in [3.8, 4) is 0 Å². The highest BCUT2D eigenvalue weighted by Gasteiger charge is 2.50. The number of aromatic amines is 1. The van der Waals surface area contributed by atoms with Crippen LogP contribution in [-0.4, -0.2) is 60.7 Å². The maximum atomic E-state index is 12.9. The van der Waals surface area contributed by atoms with Gasteiger partial charge in [0.1, 0.15) is 6.10 Å². The Morgan fingerprint density at radius 3 is 2.35 bits per heavy atom. The fraction of sp³-hybridized carbons (Fsp3) is 0.476. The van der Waals surface area contributed by atoms with E-state index in [-0.39, 0.29) is 18.8 Å². The summed E-state index contributed by atoms with van der Waals surface area (Å²) in [4.78, 5) is 38.7. The molecule has 186 valence electrons. The summed E-state index contributed by atoms with van der Waals surface area (Å²) in [6.07, 6.45) is -3.88. The van der Waals surface area contributed by atoms with Crippen molar-refractivity contribution in [3.05, 3.63) is 69.0 Å². The van der Waals surface area contributed by atoms with Gasteiger partial charge in [-0.1, -0.05) is 18.2 Å². The number of hydrogen-bond acceptors (Lipinski definition) is 10. The summed E-state index contributed by atoms with van der Waals surface area (Å²) in [5.74, 6) is -0.683. The number of hydrogen-bond donors (Lipinski definition) is 1. The first kappa shape index (κ1) is 26.0. The second-order valence-electron chi connectivity index (χ2n) is 7.09. The zero-order valence-electron chi connectivity index (χ0n) is 18.9. The third kappa shape index (κ3) is 6.09. The van der Waals surface area contributed by atoms with Crippen molar-refractivity contribution >= 4 is 13.6 Å². The summed E-state index contributed by atoms with van der Waals surface area (Å²) in [6.45, 7) is 3.55. The fourth-order valence-corrected chi connectivity index (χ4v) is 4.74. The Kier molecular flexibility index (Phi) is 8.95. The zero-order valence-corrected chi connectivity index (χ0v) is 19.8. The molecule has 4 atom stereocenters. The molecule has 4 unspecified atom stereocenters. The number of carbonyl (C=O) groups excluding carboxylic acids is 1. The Balaban J connectivity index is 1.90. The summed E-state index contributed by atoms with van der Waals surface area (Å²) in [5, 5.41) is 0.